The molecule has 0 aliphatic rings. The first-order chi connectivity index (χ1) is 7.29. The SMILES string of the molecule is CN(C(=O)c1cn[nH]n1)c1ccccn1. The normalized spacial score (nSPS) is 9.93. The molecule has 1 amide bonds. The van der Waals surface area contributed by atoms with Gasteiger partial charge < -0.3 is 0 Å². The Morgan fingerprint density at radius 3 is 2.93 bits per heavy atom. The fraction of sp³-hybridized carbons (Fsp3) is 0.111. The van der Waals surface area contributed by atoms with E-state index in [2.05, 4.69) is 20.4 Å². The predicted octanol–water partition coefficient (Wildman–Crippen LogP) is 0.476. The molecule has 6 heteroatoms. The van der Waals surface area contributed by atoms with Gasteiger partial charge in [0, 0.05) is 13.2 Å². The molecule has 0 radical (unpaired) electrons. The molecule has 0 unspecified atom stereocenters. The molecule has 1 N–H and O–H groups in total. The first-order valence-corrected chi connectivity index (χ1v) is 4.34. The summed E-state index contributed by atoms with van der Waals surface area (Å²) in [6.45, 7) is 0. The van der Waals surface area contributed by atoms with Gasteiger partial charge in [-0.05, 0) is 12.1 Å². The summed E-state index contributed by atoms with van der Waals surface area (Å²) in [5.74, 6) is 0.327. The number of amides is 1. The van der Waals surface area contributed by atoms with E-state index < -0.39 is 0 Å². The summed E-state index contributed by atoms with van der Waals surface area (Å²) >= 11 is 0. The molecule has 0 atom stereocenters. The summed E-state index contributed by atoms with van der Waals surface area (Å²) in [7, 11) is 1.64. The van der Waals surface area contributed by atoms with Crippen molar-refractivity contribution in [3.8, 4) is 0 Å². The van der Waals surface area contributed by atoms with Crippen LogP contribution in [0.15, 0.2) is 30.6 Å². The van der Waals surface area contributed by atoms with Crippen LogP contribution in [0.3, 0.4) is 0 Å². The predicted molar refractivity (Wildman–Crippen MR) is 53.4 cm³/mol. The highest BCUT2D eigenvalue weighted by molar-refractivity contribution is 6.03. The van der Waals surface area contributed by atoms with Gasteiger partial charge >= 0.3 is 0 Å². The van der Waals surface area contributed by atoms with Crippen LogP contribution in [0.2, 0.25) is 0 Å². The van der Waals surface area contributed by atoms with Crippen molar-refractivity contribution < 1.29 is 4.79 Å². The quantitative estimate of drug-likeness (QED) is 0.770. The monoisotopic (exact) mass is 203 g/mol. The van der Waals surface area contributed by atoms with Crippen molar-refractivity contribution in [3.05, 3.63) is 36.3 Å². The summed E-state index contributed by atoms with van der Waals surface area (Å²) < 4.78 is 0. The number of aromatic amines is 1. The van der Waals surface area contributed by atoms with Gasteiger partial charge in [0.15, 0.2) is 5.69 Å². The van der Waals surface area contributed by atoms with Gasteiger partial charge in [-0.3, -0.25) is 9.69 Å². The van der Waals surface area contributed by atoms with E-state index in [0.29, 0.717) is 5.82 Å². The van der Waals surface area contributed by atoms with Gasteiger partial charge in [-0.15, -0.1) is 0 Å². The van der Waals surface area contributed by atoms with E-state index in [9.17, 15) is 4.79 Å². The standard InChI is InChI=1S/C9H9N5O/c1-14(8-4-2-3-5-10-8)9(15)7-6-11-13-12-7/h2-6H,1H3,(H,11,12,13). The Morgan fingerprint density at radius 2 is 2.33 bits per heavy atom. The van der Waals surface area contributed by atoms with Crippen LogP contribution in [0.1, 0.15) is 10.5 Å². The van der Waals surface area contributed by atoms with Crippen molar-refractivity contribution >= 4 is 11.7 Å². The van der Waals surface area contributed by atoms with E-state index in [4.69, 9.17) is 0 Å². The lowest BCUT2D eigenvalue weighted by atomic mass is 10.4. The molecule has 0 aliphatic carbocycles. The van der Waals surface area contributed by atoms with Crippen molar-refractivity contribution in [3.63, 3.8) is 0 Å². The maximum absolute atomic E-state index is 11.8. The fourth-order valence-corrected chi connectivity index (χ4v) is 1.13. The highest BCUT2D eigenvalue weighted by atomic mass is 16.2. The van der Waals surface area contributed by atoms with E-state index in [1.807, 2.05) is 6.07 Å². The molecule has 2 heterocycles. The number of nitrogens with one attached hydrogen (secondary N) is 1. The van der Waals surface area contributed by atoms with Crippen LogP contribution in [-0.2, 0) is 0 Å². The van der Waals surface area contributed by atoms with Gasteiger partial charge in [0.1, 0.15) is 5.82 Å². The third kappa shape index (κ3) is 1.83. The molecule has 0 saturated heterocycles. The molecule has 0 bridgehead atoms. The van der Waals surface area contributed by atoms with Crippen LogP contribution < -0.4 is 4.90 Å². The van der Waals surface area contributed by atoms with Crippen molar-refractivity contribution in [2.75, 3.05) is 11.9 Å². The molecule has 0 fully saturated rings. The molecule has 15 heavy (non-hydrogen) atoms. The van der Waals surface area contributed by atoms with E-state index in [0.717, 1.165) is 0 Å². The first-order valence-electron chi connectivity index (χ1n) is 4.34. The van der Waals surface area contributed by atoms with Crippen molar-refractivity contribution in [2.45, 2.75) is 0 Å². The number of anilines is 1. The molecular formula is C9H9N5O. The number of carbonyl (C=O) groups excluding carboxylic acids is 1. The Bertz CT molecular complexity index is 439. The fourth-order valence-electron chi connectivity index (χ4n) is 1.13. The molecule has 2 rings (SSSR count). The number of aromatic nitrogens is 4. The third-order valence-electron chi connectivity index (χ3n) is 1.93. The number of hydrogen-bond donors (Lipinski definition) is 1. The zero-order chi connectivity index (χ0) is 10.7. The van der Waals surface area contributed by atoms with Crippen LogP contribution >= 0.6 is 0 Å². The minimum Gasteiger partial charge on any atom is -0.294 e. The smallest absolute Gasteiger partial charge is 0.281 e. The molecule has 0 aliphatic heterocycles. The highest BCUT2D eigenvalue weighted by Gasteiger charge is 2.16. The molecule has 0 spiro atoms. The zero-order valence-electron chi connectivity index (χ0n) is 8.08. The van der Waals surface area contributed by atoms with Crippen molar-refractivity contribution in [1.82, 2.24) is 20.4 Å². The van der Waals surface area contributed by atoms with Gasteiger partial charge in [0.05, 0.1) is 6.20 Å². The Morgan fingerprint density at radius 1 is 1.47 bits per heavy atom. The van der Waals surface area contributed by atoms with Crippen molar-refractivity contribution in [1.29, 1.82) is 0 Å². The summed E-state index contributed by atoms with van der Waals surface area (Å²) in [6.07, 6.45) is 3.00. The minimum absolute atomic E-state index is 0.248. The summed E-state index contributed by atoms with van der Waals surface area (Å²) in [6, 6.07) is 5.35. The number of hydrogen-bond acceptors (Lipinski definition) is 4. The van der Waals surface area contributed by atoms with Crippen LogP contribution in [0, 0.1) is 0 Å². The Kier molecular flexibility index (Phi) is 2.40. The second-order valence-electron chi connectivity index (χ2n) is 2.91. The number of pyridine rings is 1. The maximum atomic E-state index is 11.8. The number of H-pyrrole nitrogens is 1. The molecule has 0 saturated carbocycles. The highest BCUT2D eigenvalue weighted by Crippen LogP contribution is 2.09. The average molecular weight is 203 g/mol. The molecule has 6 nitrogen and oxygen atoms in total. The molecule has 76 valence electrons. The van der Waals surface area contributed by atoms with E-state index >= 15 is 0 Å². The molecule has 0 aromatic carbocycles. The topological polar surface area (TPSA) is 74.8 Å². The van der Waals surface area contributed by atoms with Gasteiger partial charge in [-0.2, -0.15) is 15.4 Å². The minimum atomic E-state index is -0.248. The number of rotatable bonds is 2. The van der Waals surface area contributed by atoms with Crippen LogP contribution in [0.25, 0.3) is 0 Å². The summed E-state index contributed by atoms with van der Waals surface area (Å²) in [4.78, 5) is 17.2. The lowest BCUT2D eigenvalue weighted by Crippen LogP contribution is -2.27. The lowest BCUT2D eigenvalue weighted by Gasteiger charge is -2.13. The summed E-state index contributed by atoms with van der Waals surface area (Å²) in [5, 5.41) is 9.67. The maximum Gasteiger partial charge on any atom is 0.281 e. The second-order valence-corrected chi connectivity index (χ2v) is 2.91. The lowest BCUT2D eigenvalue weighted by molar-refractivity contribution is 0.0987. The van der Waals surface area contributed by atoms with Crippen LogP contribution in [0.5, 0.6) is 0 Å². The Labute approximate surface area is 85.9 Å². The van der Waals surface area contributed by atoms with Gasteiger partial charge in [0.2, 0.25) is 0 Å². The molecular weight excluding hydrogens is 194 g/mol. The summed E-state index contributed by atoms with van der Waals surface area (Å²) in [5.41, 5.74) is 0.267. The number of nitrogens with zero attached hydrogens (tertiary/aromatic N) is 4. The van der Waals surface area contributed by atoms with Gasteiger partial charge in [-0.25, -0.2) is 4.98 Å². The Balaban J connectivity index is 2.23. The average Bonchev–Trinajstić information content (AvgIpc) is 2.82. The van der Waals surface area contributed by atoms with E-state index in [1.165, 1.54) is 11.1 Å². The molecule has 2 aromatic rings. The molecule has 2 aromatic heterocycles. The first kappa shape index (κ1) is 9.32. The second kappa shape index (κ2) is 3.87. The van der Waals surface area contributed by atoms with Crippen LogP contribution in [-0.4, -0.2) is 33.3 Å². The third-order valence-corrected chi connectivity index (χ3v) is 1.93. The Hall–Kier alpha value is -2.24. The van der Waals surface area contributed by atoms with Gasteiger partial charge in [0.25, 0.3) is 5.91 Å². The van der Waals surface area contributed by atoms with E-state index in [-0.39, 0.29) is 11.6 Å². The van der Waals surface area contributed by atoms with Crippen LogP contribution in [0.4, 0.5) is 5.82 Å². The largest absolute Gasteiger partial charge is 0.294 e. The van der Waals surface area contributed by atoms with Crippen molar-refractivity contribution in [2.24, 2.45) is 0 Å². The van der Waals surface area contributed by atoms with Gasteiger partial charge in [-0.1, -0.05) is 6.07 Å². The number of carbonyl (C=O) groups is 1. The van der Waals surface area contributed by atoms with E-state index in [1.54, 1.807) is 25.4 Å². The zero-order valence-corrected chi connectivity index (χ0v) is 8.08.